The molecule has 2 heteroatoms. The standard InChI is InChI=1S/C11H17NO/c1-9(2)6-7-12-10(3)11-5-4-8-13-11/h4-6,8,10,12H,7H2,1-3H3. The van der Waals surface area contributed by atoms with E-state index in [-0.39, 0.29) is 6.04 Å². The molecule has 2 nitrogen and oxygen atoms in total. The lowest BCUT2D eigenvalue weighted by Gasteiger charge is -2.08. The molecule has 1 heterocycles. The van der Waals surface area contributed by atoms with Crippen LogP contribution in [0.4, 0.5) is 0 Å². The third-order valence-electron chi connectivity index (χ3n) is 1.90. The monoisotopic (exact) mass is 179 g/mol. The van der Waals surface area contributed by atoms with E-state index in [0.717, 1.165) is 12.3 Å². The Labute approximate surface area is 79.6 Å². The lowest BCUT2D eigenvalue weighted by Crippen LogP contribution is -2.18. The van der Waals surface area contributed by atoms with E-state index in [4.69, 9.17) is 4.42 Å². The Kier molecular flexibility index (Phi) is 3.77. The molecule has 0 aromatic carbocycles. The van der Waals surface area contributed by atoms with Gasteiger partial charge in [0.05, 0.1) is 12.3 Å². The number of nitrogens with one attached hydrogen (secondary N) is 1. The SMILES string of the molecule is CC(C)=CCNC(C)c1ccco1. The molecule has 13 heavy (non-hydrogen) atoms. The highest BCUT2D eigenvalue weighted by molar-refractivity contribution is 5.04. The van der Waals surface area contributed by atoms with E-state index < -0.39 is 0 Å². The van der Waals surface area contributed by atoms with Gasteiger partial charge in [-0.2, -0.15) is 0 Å². The minimum atomic E-state index is 0.283. The van der Waals surface area contributed by atoms with Crippen molar-refractivity contribution < 1.29 is 4.42 Å². The molecular formula is C11H17NO. The summed E-state index contributed by atoms with van der Waals surface area (Å²) < 4.78 is 5.27. The summed E-state index contributed by atoms with van der Waals surface area (Å²) in [6.07, 6.45) is 3.87. The molecule has 72 valence electrons. The summed E-state index contributed by atoms with van der Waals surface area (Å²) in [5.74, 6) is 0.988. The van der Waals surface area contributed by atoms with Crippen LogP contribution in [0, 0.1) is 0 Å². The molecule has 0 radical (unpaired) electrons. The average molecular weight is 179 g/mol. The summed E-state index contributed by atoms with van der Waals surface area (Å²) in [6, 6.07) is 4.18. The van der Waals surface area contributed by atoms with Gasteiger partial charge >= 0.3 is 0 Å². The first kappa shape index (κ1) is 10.1. The highest BCUT2D eigenvalue weighted by Crippen LogP contribution is 2.11. The second-order valence-electron chi connectivity index (χ2n) is 3.43. The van der Waals surface area contributed by atoms with Gasteiger partial charge in [0.15, 0.2) is 0 Å². The first-order chi connectivity index (χ1) is 6.20. The molecule has 1 N–H and O–H groups in total. The van der Waals surface area contributed by atoms with Gasteiger partial charge in [0.2, 0.25) is 0 Å². The molecule has 0 saturated carbocycles. The molecule has 1 aromatic heterocycles. The van der Waals surface area contributed by atoms with Crippen LogP contribution in [0.1, 0.15) is 32.6 Å². The van der Waals surface area contributed by atoms with Crippen LogP contribution < -0.4 is 5.32 Å². The molecule has 1 aromatic rings. The number of allylic oxidation sites excluding steroid dienone is 1. The van der Waals surface area contributed by atoms with Crippen LogP contribution in [0.2, 0.25) is 0 Å². The molecule has 0 amide bonds. The smallest absolute Gasteiger partial charge is 0.120 e. The molecule has 0 spiro atoms. The third kappa shape index (κ3) is 3.47. The summed E-state index contributed by atoms with van der Waals surface area (Å²) in [5.41, 5.74) is 1.33. The predicted molar refractivity (Wildman–Crippen MR) is 54.6 cm³/mol. The fourth-order valence-electron chi connectivity index (χ4n) is 1.08. The Morgan fingerprint density at radius 1 is 1.62 bits per heavy atom. The molecule has 1 atom stereocenters. The molecule has 0 saturated heterocycles. The van der Waals surface area contributed by atoms with Gasteiger partial charge in [-0.15, -0.1) is 0 Å². The zero-order valence-corrected chi connectivity index (χ0v) is 8.50. The summed E-state index contributed by atoms with van der Waals surface area (Å²) in [5, 5.41) is 3.35. The zero-order valence-electron chi connectivity index (χ0n) is 8.50. The van der Waals surface area contributed by atoms with Crippen LogP contribution >= 0.6 is 0 Å². The van der Waals surface area contributed by atoms with E-state index in [1.165, 1.54) is 5.57 Å². The maximum atomic E-state index is 5.27. The van der Waals surface area contributed by atoms with Crippen molar-refractivity contribution in [3.8, 4) is 0 Å². The quantitative estimate of drug-likeness (QED) is 0.719. The second-order valence-corrected chi connectivity index (χ2v) is 3.43. The van der Waals surface area contributed by atoms with Gasteiger partial charge in [-0.05, 0) is 32.9 Å². The molecule has 0 bridgehead atoms. The van der Waals surface area contributed by atoms with Crippen molar-refractivity contribution in [1.29, 1.82) is 0 Å². The van der Waals surface area contributed by atoms with Crippen LogP contribution in [0.25, 0.3) is 0 Å². The molecule has 1 unspecified atom stereocenters. The van der Waals surface area contributed by atoms with Gasteiger partial charge in [-0.3, -0.25) is 0 Å². The Morgan fingerprint density at radius 3 is 2.92 bits per heavy atom. The van der Waals surface area contributed by atoms with Crippen molar-refractivity contribution in [3.05, 3.63) is 35.8 Å². The first-order valence-corrected chi connectivity index (χ1v) is 4.60. The Hall–Kier alpha value is -1.02. The second kappa shape index (κ2) is 4.87. The third-order valence-corrected chi connectivity index (χ3v) is 1.90. The molecule has 0 aliphatic carbocycles. The molecule has 0 aliphatic heterocycles. The van der Waals surface area contributed by atoms with Gasteiger partial charge in [-0.1, -0.05) is 11.6 Å². The molecule has 0 aliphatic rings. The topological polar surface area (TPSA) is 25.2 Å². The highest BCUT2D eigenvalue weighted by Gasteiger charge is 2.04. The van der Waals surface area contributed by atoms with E-state index in [1.807, 2.05) is 12.1 Å². The van der Waals surface area contributed by atoms with Crippen LogP contribution in [0.15, 0.2) is 34.5 Å². The van der Waals surface area contributed by atoms with E-state index >= 15 is 0 Å². The number of furan rings is 1. The Bertz CT molecular complexity index is 258. The van der Waals surface area contributed by atoms with Crippen molar-refractivity contribution in [2.75, 3.05) is 6.54 Å². The lowest BCUT2D eigenvalue weighted by molar-refractivity contribution is 0.441. The van der Waals surface area contributed by atoms with Crippen LogP contribution in [0.5, 0.6) is 0 Å². The summed E-state index contributed by atoms with van der Waals surface area (Å²) in [4.78, 5) is 0. The number of hydrogen-bond acceptors (Lipinski definition) is 2. The normalized spacial score (nSPS) is 12.5. The maximum absolute atomic E-state index is 5.27. The largest absolute Gasteiger partial charge is 0.468 e. The summed E-state index contributed by atoms with van der Waals surface area (Å²) >= 11 is 0. The van der Waals surface area contributed by atoms with Crippen molar-refractivity contribution in [3.63, 3.8) is 0 Å². The van der Waals surface area contributed by atoms with Crippen molar-refractivity contribution in [2.45, 2.75) is 26.8 Å². The Morgan fingerprint density at radius 2 is 2.38 bits per heavy atom. The molecule has 1 rings (SSSR count). The maximum Gasteiger partial charge on any atom is 0.120 e. The van der Waals surface area contributed by atoms with Gasteiger partial charge in [0.1, 0.15) is 5.76 Å². The van der Waals surface area contributed by atoms with Crippen molar-refractivity contribution in [2.24, 2.45) is 0 Å². The fourth-order valence-corrected chi connectivity index (χ4v) is 1.08. The minimum absolute atomic E-state index is 0.283. The molecule has 0 fully saturated rings. The van der Waals surface area contributed by atoms with E-state index in [9.17, 15) is 0 Å². The minimum Gasteiger partial charge on any atom is -0.468 e. The van der Waals surface area contributed by atoms with Gasteiger partial charge in [0.25, 0.3) is 0 Å². The number of hydrogen-bond donors (Lipinski definition) is 1. The number of rotatable bonds is 4. The van der Waals surface area contributed by atoms with E-state index in [2.05, 4.69) is 32.2 Å². The van der Waals surface area contributed by atoms with Gasteiger partial charge < -0.3 is 9.73 Å². The van der Waals surface area contributed by atoms with Gasteiger partial charge in [-0.25, -0.2) is 0 Å². The molecular weight excluding hydrogens is 162 g/mol. The summed E-state index contributed by atoms with van der Waals surface area (Å²) in [7, 11) is 0. The predicted octanol–water partition coefficient (Wildman–Crippen LogP) is 2.90. The van der Waals surface area contributed by atoms with Crippen LogP contribution in [-0.4, -0.2) is 6.54 Å². The van der Waals surface area contributed by atoms with Crippen molar-refractivity contribution in [1.82, 2.24) is 5.32 Å². The van der Waals surface area contributed by atoms with Crippen molar-refractivity contribution >= 4 is 0 Å². The summed E-state index contributed by atoms with van der Waals surface area (Å²) in [6.45, 7) is 7.18. The van der Waals surface area contributed by atoms with Crippen LogP contribution in [0.3, 0.4) is 0 Å². The van der Waals surface area contributed by atoms with E-state index in [0.29, 0.717) is 0 Å². The van der Waals surface area contributed by atoms with Gasteiger partial charge in [0, 0.05) is 6.54 Å². The zero-order chi connectivity index (χ0) is 9.68. The lowest BCUT2D eigenvalue weighted by atomic mass is 10.2. The van der Waals surface area contributed by atoms with Crippen LogP contribution in [-0.2, 0) is 0 Å². The average Bonchev–Trinajstić information content (AvgIpc) is 2.55. The first-order valence-electron chi connectivity index (χ1n) is 4.60. The highest BCUT2D eigenvalue weighted by atomic mass is 16.3. The Balaban J connectivity index is 2.34. The van der Waals surface area contributed by atoms with E-state index in [1.54, 1.807) is 6.26 Å². The fraction of sp³-hybridized carbons (Fsp3) is 0.455.